The molecule has 0 aliphatic heterocycles. The summed E-state index contributed by atoms with van der Waals surface area (Å²) in [5.74, 6) is 0.843. The average molecular weight is 153 g/mol. The zero-order valence-corrected chi connectivity index (χ0v) is 6.64. The van der Waals surface area contributed by atoms with E-state index in [1.54, 1.807) is 11.3 Å². The summed E-state index contributed by atoms with van der Waals surface area (Å²) >= 11 is 1.62. The van der Waals surface area contributed by atoms with Crippen LogP contribution in [0.5, 0.6) is 0 Å². The fraction of sp³-hybridized carbons (Fsp3) is 0.333. The van der Waals surface area contributed by atoms with Gasteiger partial charge in [0.15, 0.2) is 0 Å². The van der Waals surface area contributed by atoms with Crippen molar-refractivity contribution in [2.45, 2.75) is 13.8 Å². The zero-order chi connectivity index (χ0) is 7.14. The van der Waals surface area contributed by atoms with Gasteiger partial charge in [0.2, 0.25) is 4.96 Å². The smallest absolute Gasteiger partial charge is 0.208 e. The van der Waals surface area contributed by atoms with E-state index in [2.05, 4.69) is 15.5 Å². The normalized spacial score (nSPS) is 11.0. The second-order valence-electron chi connectivity index (χ2n) is 2.23. The Morgan fingerprint density at radius 2 is 2.30 bits per heavy atom. The molecular formula is C6H7N3S. The first-order valence-corrected chi connectivity index (χ1v) is 3.93. The van der Waals surface area contributed by atoms with Crippen molar-refractivity contribution in [3.8, 4) is 0 Å². The molecular weight excluding hydrogens is 146 g/mol. The van der Waals surface area contributed by atoms with Gasteiger partial charge in [0, 0.05) is 5.38 Å². The molecule has 2 rings (SSSR count). The van der Waals surface area contributed by atoms with Crippen LogP contribution in [0.4, 0.5) is 0 Å². The molecule has 0 N–H and O–H groups in total. The molecule has 4 heteroatoms. The van der Waals surface area contributed by atoms with Gasteiger partial charge in [-0.15, -0.1) is 11.3 Å². The van der Waals surface area contributed by atoms with E-state index in [4.69, 9.17) is 0 Å². The Balaban J connectivity index is 2.90. The molecule has 0 radical (unpaired) electrons. The lowest BCUT2D eigenvalue weighted by molar-refractivity contribution is 0.905. The molecule has 0 unspecified atom stereocenters. The minimum atomic E-state index is 0.843. The van der Waals surface area contributed by atoms with Crippen LogP contribution in [0.1, 0.15) is 11.5 Å². The quantitative estimate of drug-likeness (QED) is 0.572. The minimum absolute atomic E-state index is 0.843. The van der Waals surface area contributed by atoms with E-state index in [0.717, 1.165) is 16.5 Å². The van der Waals surface area contributed by atoms with Crippen molar-refractivity contribution in [3.05, 3.63) is 16.9 Å². The fourth-order valence-corrected chi connectivity index (χ4v) is 1.73. The van der Waals surface area contributed by atoms with Gasteiger partial charge in [-0.25, -0.2) is 9.50 Å². The second kappa shape index (κ2) is 1.79. The Labute approximate surface area is 62.3 Å². The Hall–Kier alpha value is -0.900. The molecule has 0 aliphatic rings. The monoisotopic (exact) mass is 153 g/mol. The van der Waals surface area contributed by atoms with Crippen LogP contribution in [0.2, 0.25) is 0 Å². The summed E-state index contributed by atoms with van der Waals surface area (Å²) in [5, 5.41) is 6.24. The van der Waals surface area contributed by atoms with Crippen LogP contribution >= 0.6 is 11.3 Å². The van der Waals surface area contributed by atoms with E-state index in [1.807, 2.05) is 18.4 Å². The number of thiazole rings is 1. The predicted octanol–water partition coefficient (Wildman–Crippen LogP) is 1.41. The Morgan fingerprint density at radius 3 is 3.00 bits per heavy atom. The topological polar surface area (TPSA) is 30.2 Å². The Morgan fingerprint density at radius 1 is 1.50 bits per heavy atom. The van der Waals surface area contributed by atoms with Crippen molar-refractivity contribution in [1.82, 2.24) is 14.6 Å². The summed E-state index contributed by atoms with van der Waals surface area (Å²) in [5.41, 5.74) is 1.15. The predicted molar refractivity (Wildman–Crippen MR) is 40.3 cm³/mol. The number of fused-ring (bicyclic) bond motifs is 1. The maximum absolute atomic E-state index is 4.20. The highest BCUT2D eigenvalue weighted by Crippen LogP contribution is 2.12. The van der Waals surface area contributed by atoms with E-state index < -0.39 is 0 Å². The summed E-state index contributed by atoms with van der Waals surface area (Å²) in [4.78, 5) is 5.19. The van der Waals surface area contributed by atoms with Crippen LogP contribution in [0.25, 0.3) is 4.96 Å². The second-order valence-corrected chi connectivity index (χ2v) is 3.07. The largest absolute Gasteiger partial charge is 0.212 e. The molecule has 0 spiro atoms. The molecule has 0 amide bonds. The van der Waals surface area contributed by atoms with E-state index in [9.17, 15) is 0 Å². The highest BCUT2D eigenvalue weighted by molar-refractivity contribution is 7.15. The van der Waals surface area contributed by atoms with Gasteiger partial charge in [-0.3, -0.25) is 0 Å². The van der Waals surface area contributed by atoms with Crippen LogP contribution in [0, 0.1) is 13.8 Å². The van der Waals surface area contributed by atoms with Crippen LogP contribution in [0.3, 0.4) is 0 Å². The lowest BCUT2D eigenvalue weighted by Gasteiger charge is -1.81. The van der Waals surface area contributed by atoms with E-state index >= 15 is 0 Å². The zero-order valence-electron chi connectivity index (χ0n) is 5.83. The molecule has 2 aromatic rings. The number of hydrogen-bond donors (Lipinski definition) is 0. The van der Waals surface area contributed by atoms with Gasteiger partial charge in [-0.05, 0) is 13.8 Å². The number of nitrogens with zero attached hydrogens (tertiary/aromatic N) is 3. The van der Waals surface area contributed by atoms with Crippen LogP contribution in [0.15, 0.2) is 5.38 Å². The van der Waals surface area contributed by atoms with E-state index in [1.165, 1.54) is 0 Å². The lowest BCUT2D eigenvalue weighted by atomic mass is 10.6. The van der Waals surface area contributed by atoms with E-state index in [0.29, 0.717) is 0 Å². The summed E-state index contributed by atoms with van der Waals surface area (Å²) < 4.78 is 1.86. The fourth-order valence-electron chi connectivity index (χ4n) is 0.890. The lowest BCUT2D eigenvalue weighted by Crippen LogP contribution is -1.85. The third kappa shape index (κ3) is 0.654. The average Bonchev–Trinajstić information content (AvgIpc) is 2.35. The van der Waals surface area contributed by atoms with Crippen LogP contribution in [-0.2, 0) is 0 Å². The SMILES string of the molecule is Cc1nc2scc(C)n2n1. The van der Waals surface area contributed by atoms with Gasteiger partial charge >= 0.3 is 0 Å². The molecule has 3 nitrogen and oxygen atoms in total. The van der Waals surface area contributed by atoms with Crippen molar-refractivity contribution in [3.63, 3.8) is 0 Å². The first-order chi connectivity index (χ1) is 4.77. The first kappa shape index (κ1) is 5.85. The van der Waals surface area contributed by atoms with Crippen molar-refractivity contribution >= 4 is 16.3 Å². The molecule has 2 aromatic heterocycles. The minimum Gasteiger partial charge on any atom is -0.208 e. The number of aryl methyl sites for hydroxylation is 2. The van der Waals surface area contributed by atoms with Crippen molar-refractivity contribution in [2.24, 2.45) is 0 Å². The third-order valence-corrected chi connectivity index (χ3v) is 2.29. The van der Waals surface area contributed by atoms with Gasteiger partial charge in [0.1, 0.15) is 5.82 Å². The summed E-state index contributed by atoms with van der Waals surface area (Å²) in [6.45, 7) is 3.93. The molecule has 0 aromatic carbocycles. The summed E-state index contributed by atoms with van der Waals surface area (Å²) in [6, 6.07) is 0. The van der Waals surface area contributed by atoms with Gasteiger partial charge in [0.05, 0.1) is 5.69 Å². The molecule has 0 atom stereocenters. The molecule has 0 fully saturated rings. The van der Waals surface area contributed by atoms with Crippen molar-refractivity contribution in [1.29, 1.82) is 0 Å². The van der Waals surface area contributed by atoms with Crippen LogP contribution < -0.4 is 0 Å². The standard InChI is InChI=1S/C6H7N3S/c1-4-3-10-6-7-5(2)8-9(4)6/h3H,1-2H3. The maximum Gasteiger partial charge on any atom is 0.212 e. The van der Waals surface area contributed by atoms with Gasteiger partial charge < -0.3 is 0 Å². The molecule has 2 heterocycles. The molecule has 0 saturated heterocycles. The van der Waals surface area contributed by atoms with E-state index in [-0.39, 0.29) is 0 Å². The molecule has 0 aliphatic carbocycles. The summed E-state index contributed by atoms with van der Waals surface area (Å²) in [6.07, 6.45) is 0. The van der Waals surface area contributed by atoms with Gasteiger partial charge in [-0.1, -0.05) is 0 Å². The summed E-state index contributed by atoms with van der Waals surface area (Å²) in [7, 11) is 0. The number of aromatic nitrogens is 3. The maximum atomic E-state index is 4.20. The highest BCUT2D eigenvalue weighted by atomic mass is 32.1. The Kier molecular flexibility index (Phi) is 1.05. The number of rotatable bonds is 0. The van der Waals surface area contributed by atoms with Gasteiger partial charge in [0.25, 0.3) is 0 Å². The number of hydrogen-bond acceptors (Lipinski definition) is 3. The van der Waals surface area contributed by atoms with Gasteiger partial charge in [-0.2, -0.15) is 5.10 Å². The first-order valence-electron chi connectivity index (χ1n) is 3.05. The third-order valence-electron chi connectivity index (χ3n) is 1.35. The van der Waals surface area contributed by atoms with Crippen molar-refractivity contribution in [2.75, 3.05) is 0 Å². The molecule has 10 heavy (non-hydrogen) atoms. The Bertz CT molecular complexity index is 360. The molecule has 0 bridgehead atoms. The van der Waals surface area contributed by atoms with Crippen LogP contribution in [-0.4, -0.2) is 14.6 Å². The van der Waals surface area contributed by atoms with Crippen molar-refractivity contribution < 1.29 is 0 Å². The molecule has 52 valence electrons. The highest BCUT2D eigenvalue weighted by Gasteiger charge is 2.01. The molecule has 0 saturated carbocycles.